The third-order valence-electron chi connectivity index (χ3n) is 5.22. The quantitative estimate of drug-likeness (QED) is 0.612. The molecular formula is C20H22FN3O4S. The van der Waals surface area contributed by atoms with Crippen LogP contribution in [0, 0.1) is 5.82 Å². The fourth-order valence-electron chi connectivity index (χ4n) is 3.66. The smallest absolute Gasteiger partial charge is 0.408 e. The molecule has 0 atom stereocenters. The van der Waals surface area contributed by atoms with Gasteiger partial charge in [0.05, 0.1) is 5.52 Å². The van der Waals surface area contributed by atoms with Crippen LogP contribution in [0.4, 0.5) is 4.39 Å². The summed E-state index contributed by atoms with van der Waals surface area (Å²) in [4.78, 5) is 13.9. The van der Waals surface area contributed by atoms with E-state index < -0.39 is 15.8 Å². The SMILES string of the molecule is O=c1oc2ccccc2n1CCCN1CCN(S(=O)(=O)c2ccccc2F)CC1. The highest BCUT2D eigenvalue weighted by atomic mass is 32.2. The Kier molecular flexibility index (Phi) is 5.53. The van der Waals surface area contributed by atoms with Crippen LogP contribution in [0.25, 0.3) is 11.1 Å². The maximum atomic E-state index is 13.9. The van der Waals surface area contributed by atoms with Crippen molar-refractivity contribution in [3.8, 4) is 0 Å². The molecule has 2 heterocycles. The summed E-state index contributed by atoms with van der Waals surface area (Å²) in [6, 6.07) is 12.8. The Morgan fingerprint density at radius 2 is 1.62 bits per heavy atom. The first-order chi connectivity index (χ1) is 14.0. The van der Waals surface area contributed by atoms with Crippen molar-refractivity contribution in [1.29, 1.82) is 0 Å². The summed E-state index contributed by atoms with van der Waals surface area (Å²) in [7, 11) is -3.83. The molecule has 29 heavy (non-hydrogen) atoms. The first kappa shape index (κ1) is 19.8. The van der Waals surface area contributed by atoms with Crippen molar-refractivity contribution in [1.82, 2.24) is 13.8 Å². The van der Waals surface area contributed by atoms with Crippen LogP contribution >= 0.6 is 0 Å². The van der Waals surface area contributed by atoms with Crippen LogP contribution in [0.1, 0.15) is 6.42 Å². The molecule has 1 aliphatic rings. The van der Waals surface area contributed by atoms with Crippen LogP contribution in [0.2, 0.25) is 0 Å². The van der Waals surface area contributed by atoms with E-state index in [1.807, 2.05) is 18.2 Å². The van der Waals surface area contributed by atoms with Gasteiger partial charge in [-0.15, -0.1) is 0 Å². The zero-order valence-electron chi connectivity index (χ0n) is 15.8. The third kappa shape index (κ3) is 3.98. The van der Waals surface area contributed by atoms with Gasteiger partial charge >= 0.3 is 5.76 Å². The van der Waals surface area contributed by atoms with Gasteiger partial charge < -0.3 is 9.32 Å². The van der Waals surface area contributed by atoms with Crippen LogP contribution in [-0.2, 0) is 16.6 Å². The van der Waals surface area contributed by atoms with E-state index in [4.69, 9.17) is 4.42 Å². The highest BCUT2D eigenvalue weighted by Crippen LogP contribution is 2.20. The average Bonchev–Trinajstić information content (AvgIpc) is 3.04. The number of halogens is 1. The Labute approximate surface area is 168 Å². The number of rotatable bonds is 6. The van der Waals surface area contributed by atoms with E-state index in [-0.39, 0.29) is 10.7 Å². The molecule has 0 bridgehead atoms. The molecule has 1 aromatic heterocycles. The summed E-state index contributed by atoms with van der Waals surface area (Å²) >= 11 is 0. The molecular weight excluding hydrogens is 397 g/mol. The molecule has 0 N–H and O–H groups in total. The van der Waals surface area contributed by atoms with Gasteiger partial charge in [-0.2, -0.15) is 4.31 Å². The lowest BCUT2D eigenvalue weighted by Crippen LogP contribution is -2.49. The first-order valence-electron chi connectivity index (χ1n) is 9.52. The maximum absolute atomic E-state index is 13.9. The van der Waals surface area contributed by atoms with Gasteiger partial charge in [0.15, 0.2) is 5.58 Å². The molecule has 3 aromatic rings. The van der Waals surface area contributed by atoms with Crippen LogP contribution in [0.3, 0.4) is 0 Å². The Bertz CT molecular complexity index is 1160. The van der Waals surface area contributed by atoms with E-state index in [2.05, 4.69) is 4.90 Å². The standard InChI is InChI=1S/C20H22FN3O4S/c21-16-6-1-4-9-19(16)29(26,27)23-14-12-22(13-15-23)10-5-11-24-17-7-2-3-8-18(17)28-20(24)25/h1-4,6-9H,5,10-15H2. The van der Waals surface area contributed by atoms with Gasteiger partial charge in [-0.05, 0) is 37.2 Å². The molecule has 1 aliphatic heterocycles. The molecule has 0 radical (unpaired) electrons. The van der Waals surface area contributed by atoms with E-state index in [9.17, 15) is 17.6 Å². The summed E-state index contributed by atoms with van der Waals surface area (Å²) in [6.45, 7) is 3.02. The number of para-hydroxylation sites is 2. The molecule has 9 heteroatoms. The van der Waals surface area contributed by atoms with Gasteiger partial charge in [-0.25, -0.2) is 17.6 Å². The van der Waals surface area contributed by atoms with Crippen molar-refractivity contribution >= 4 is 21.1 Å². The van der Waals surface area contributed by atoms with Crippen molar-refractivity contribution in [2.24, 2.45) is 0 Å². The minimum atomic E-state index is -3.83. The molecule has 0 unspecified atom stereocenters. The zero-order valence-corrected chi connectivity index (χ0v) is 16.6. The number of hydrogen-bond donors (Lipinski definition) is 0. The second kappa shape index (κ2) is 8.10. The van der Waals surface area contributed by atoms with Crippen LogP contribution in [-0.4, -0.2) is 54.9 Å². The molecule has 7 nitrogen and oxygen atoms in total. The maximum Gasteiger partial charge on any atom is 0.419 e. The second-order valence-corrected chi connectivity index (χ2v) is 8.92. The number of aryl methyl sites for hydroxylation is 1. The summed E-state index contributed by atoms with van der Waals surface area (Å²) in [5.74, 6) is -1.10. The van der Waals surface area contributed by atoms with Crippen molar-refractivity contribution in [3.05, 3.63) is 64.9 Å². The minimum Gasteiger partial charge on any atom is -0.408 e. The number of hydrogen-bond acceptors (Lipinski definition) is 5. The number of piperazine rings is 1. The Morgan fingerprint density at radius 1 is 0.931 bits per heavy atom. The monoisotopic (exact) mass is 419 g/mol. The van der Waals surface area contributed by atoms with Crippen LogP contribution in [0.5, 0.6) is 0 Å². The topological polar surface area (TPSA) is 75.8 Å². The highest BCUT2D eigenvalue weighted by molar-refractivity contribution is 7.89. The lowest BCUT2D eigenvalue weighted by Gasteiger charge is -2.34. The van der Waals surface area contributed by atoms with Gasteiger partial charge in [-0.3, -0.25) is 4.57 Å². The summed E-state index contributed by atoms with van der Waals surface area (Å²) in [5, 5.41) is 0. The summed E-state index contributed by atoms with van der Waals surface area (Å²) in [6.07, 6.45) is 0.740. The van der Waals surface area contributed by atoms with Crippen LogP contribution < -0.4 is 5.76 Å². The van der Waals surface area contributed by atoms with Crippen molar-refractivity contribution in [2.45, 2.75) is 17.9 Å². The highest BCUT2D eigenvalue weighted by Gasteiger charge is 2.30. The fourth-order valence-corrected chi connectivity index (χ4v) is 5.15. The first-order valence-corrected chi connectivity index (χ1v) is 11.0. The number of aromatic nitrogens is 1. The van der Waals surface area contributed by atoms with Gasteiger partial charge in [0.2, 0.25) is 10.0 Å². The van der Waals surface area contributed by atoms with E-state index in [0.29, 0.717) is 38.3 Å². The van der Waals surface area contributed by atoms with Gasteiger partial charge in [-0.1, -0.05) is 24.3 Å². The summed E-state index contributed by atoms with van der Waals surface area (Å²) in [5.41, 5.74) is 1.35. The Hall–Kier alpha value is -2.49. The molecule has 154 valence electrons. The Morgan fingerprint density at radius 3 is 2.38 bits per heavy atom. The van der Waals surface area contributed by atoms with Crippen LogP contribution in [0.15, 0.2) is 62.6 Å². The van der Waals surface area contributed by atoms with E-state index in [0.717, 1.165) is 24.5 Å². The van der Waals surface area contributed by atoms with Crippen molar-refractivity contribution in [2.75, 3.05) is 32.7 Å². The van der Waals surface area contributed by atoms with Crippen molar-refractivity contribution < 1.29 is 17.2 Å². The molecule has 1 saturated heterocycles. The zero-order chi connectivity index (χ0) is 20.4. The van der Waals surface area contributed by atoms with Crippen molar-refractivity contribution in [3.63, 3.8) is 0 Å². The van der Waals surface area contributed by atoms with E-state index in [1.54, 1.807) is 10.6 Å². The predicted octanol–water partition coefficient (Wildman–Crippen LogP) is 2.13. The van der Waals surface area contributed by atoms with Gasteiger partial charge in [0.1, 0.15) is 10.7 Å². The fraction of sp³-hybridized carbons (Fsp3) is 0.350. The molecule has 0 spiro atoms. The second-order valence-electron chi connectivity index (χ2n) is 7.02. The normalized spacial score (nSPS) is 16.4. The molecule has 0 amide bonds. The number of fused-ring (bicyclic) bond motifs is 1. The largest absolute Gasteiger partial charge is 0.419 e. The Balaban J connectivity index is 1.33. The molecule has 4 rings (SSSR count). The predicted molar refractivity (Wildman–Crippen MR) is 107 cm³/mol. The number of nitrogens with zero attached hydrogens (tertiary/aromatic N) is 3. The molecule has 0 saturated carbocycles. The van der Waals surface area contributed by atoms with Gasteiger partial charge in [0, 0.05) is 32.7 Å². The third-order valence-corrected chi connectivity index (χ3v) is 7.15. The molecule has 2 aromatic carbocycles. The number of sulfonamides is 1. The lowest BCUT2D eigenvalue weighted by atomic mass is 10.3. The molecule has 0 aliphatic carbocycles. The molecule has 1 fully saturated rings. The number of oxazole rings is 1. The number of benzene rings is 2. The van der Waals surface area contributed by atoms with E-state index >= 15 is 0 Å². The van der Waals surface area contributed by atoms with E-state index in [1.165, 1.54) is 22.5 Å². The average molecular weight is 419 g/mol. The lowest BCUT2D eigenvalue weighted by molar-refractivity contribution is 0.184. The summed E-state index contributed by atoms with van der Waals surface area (Å²) < 4.78 is 47.4. The minimum absolute atomic E-state index is 0.278. The van der Waals surface area contributed by atoms with Gasteiger partial charge in [0.25, 0.3) is 0 Å².